The molecule has 1 unspecified atom stereocenters. The van der Waals surface area contributed by atoms with Crippen LogP contribution >= 0.6 is 0 Å². The minimum absolute atomic E-state index is 0.0568. The van der Waals surface area contributed by atoms with Crippen molar-refractivity contribution in [3.05, 3.63) is 35.4 Å². The summed E-state index contributed by atoms with van der Waals surface area (Å²) in [4.78, 5) is 14.7. The number of aryl methyl sites for hydroxylation is 1. The Hall–Kier alpha value is -1.84. The molecule has 1 aliphatic rings. The van der Waals surface area contributed by atoms with Crippen molar-refractivity contribution >= 4 is 11.9 Å². The Morgan fingerprint density at radius 3 is 3.12 bits per heavy atom. The van der Waals surface area contributed by atoms with Gasteiger partial charge in [0.05, 0.1) is 13.0 Å². The van der Waals surface area contributed by atoms with Gasteiger partial charge >= 0.3 is 5.97 Å². The summed E-state index contributed by atoms with van der Waals surface area (Å²) in [6, 6.07) is 8.10. The minimum atomic E-state index is -0.824. The van der Waals surface area contributed by atoms with Crippen molar-refractivity contribution < 1.29 is 14.6 Å². The number of hydrogen-bond donors (Lipinski definition) is 1. The molecule has 1 atom stereocenters. The zero-order valence-electron chi connectivity index (χ0n) is 9.72. The summed E-state index contributed by atoms with van der Waals surface area (Å²) in [6.45, 7) is 2.61. The van der Waals surface area contributed by atoms with E-state index in [4.69, 9.17) is 9.84 Å². The van der Waals surface area contributed by atoms with Crippen LogP contribution in [0.25, 0.3) is 0 Å². The molecule has 90 valence electrons. The summed E-state index contributed by atoms with van der Waals surface area (Å²) in [6.07, 6.45) is 0.385. The molecule has 0 aromatic heterocycles. The van der Waals surface area contributed by atoms with E-state index in [0.717, 1.165) is 5.56 Å². The number of aliphatic imine (C=N–C) groups is 1. The van der Waals surface area contributed by atoms with Crippen LogP contribution < -0.4 is 0 Å². The highest BCUT2D eigenvalue weighted by Gasteiger charge is 2.21. The molecular weight excluding hydrogens is 218 g/mol. The fourth-order valence-corrected chi connectivity index (χ4v) is 1.82. The number of benzene rings is 1. The van der Waals surface area contributed by atoms with Gasteiger partial charge in [0.25, 0.3) is 0 Å². The standard InChI is InChI=1S/C13H15NO3/c1-9-3-2-4-10(7-9)11-8-14-12(17-11)5-6-13(15)16/h2-4,7,11H,5-6,8H2,1H3,(H,15,16). The van der Waals surface area contributed by atoms with E-state index >= 15 is 0 Å². The molecule has 0 aliphatic carbocycles. The Morgan fingerprint density at radius 2 is 2.41 bits per heavy atom. The molecule has 1 aromatic carbocycles. The lowest BCUT2D eigenvalue weighted by Gasteiger charge is -2.11. The Kier molecular flexibility index (Phi) is 3.42. The normalized spacial score (nSPS) is 18.6. The average molecular weight is 233 g/mol. The molecule has 4 heteroatoms. The van der Waals surface area contributed by atoms with E-state index < -0.39 is 5.97 Å². The second-order valence-electron chi connectivity index (χ2n) is 4.15. The van der Waals surface area contributed by atoms with Crippen LogP contribution in [0.4, 0.5) is 0 Å². The summed E-state index contributed by atoms with van der Waals surface area (Å²) >= 11 is 0. The first-order valence-corrected chi connectivity index (χ1v) is 5.63. The number of carbonyl (C=O) groups is 1. The second kappa shape index (κ2) is 4.99. The van der Waals surface area contributed by atoms with E-state index in [2.05, 4.69) is 11.1 Å². The highest BCUT2D eigenvalue weighted by Crippen LogP contribution is 2.24. The number of aliphatic carboxylic acids is 1. The lowest BCUT2D eigenvalue weighted by Crippen LogP contribution is -2.07. The quantitative estimate of drug-likeness (QED) is 0.868. The SMILES string of the molecule is Cc1cccc(C2CN=C(CCC(=O)O)O2)c1. The minimum Gasteiger partial charge on any atom is -0.481 e. The van der Waals surface area contributed by atoms with Gasteiger partial charge < -0.3 is 9.84 Å². The molecule has 0 spiro atoms. The van der Waals surface area contributed by atoms with Crippen molar-refractivity contribution in [2.24, 2.45) is 4.99 Å². The molecule has 0 amide bonds. The Balaban J connectivity index is 1.94. The molecule has 0 saturated carbocycles. The summed E-state index contributed by atoms with van der Waals surface area (Å²) in [7, 11) is 0. The number of rotatable bonds is 4. The molecule has 0 bridgehead atoms. The van der Waals surface area contributed by atoms with Gasteiger partial charge in [0.15, 0.2) is 5.90 Å². The van der Waals surface area contributed by atoms with Gasteiger partial charge in [-0.15, -0.1) is 0 Å². The molecular formula is C13H15NO3. The van der Waals surface area contributed by atoms with Crippen molar-refractivity contribution in [2.75, 3.05) is 6.54 Å². The number of ether oxygens (including phenoxy) is 1. The van der Waals surface area contributed by atoms with Crippen LogP contribution in [0.5, 0.6) is 0 Å². The smallest absolute Gasteiger partial charge is 0.303 e. The van der Waals surface area contributed by atoms with Crippen LogP contribution in [-0.2, 0) is 9.53 Å². The molecule has 0 saturated heterocycles. The number of nitrogens with zero attached hydrogens (tertiary/aromatic N) is 1. The van der Waals surface area contributed by atoms with Gasteiger partial charge in [0.2, 0.25) is 0 Å². The number of carboxylic acids is 1. The molecule has 1 heterocycles. The maximum Gasteiger partial charge on any atom is 0.303 e. The van der Waals surface area contributed by atoms with Crippen LogP contribution in [-0.4, -0.2) is 23.5 Å². The first kappa shape index (κ1) is 11.6. The van der Waals surface area contributed by atoms with Gasteiger partial charge in [0, 0.05) is 6.42 Å². The number of hydrogen-bond acceptors (Lipinski definition) is 3. The summed E-state index contributed by atoms with van der Waals surface area (Å²) in [5.41, 5.74) is 2.28. The molecule has 1 aromatic rings. The van der Waals surface area contributed by atoms with E-state index in [-0.39, 0.29) is 12.5 Å². The molecule has 1 aliphatic heterocycles. The Bertz CT molecular complexity index is 454. The fraction of sp³-hybridized carbons (Fsp3) is 0.385. The maximum absolute atomic E-state index is 10.4. The summed E-state index contributed by atoms with van der Waals surface area (Å²) in [5.74, 6) is -0.269. The zero-order valence-corrected chi connectivity index (χ0v) is 9.72. The van der Waals surface area contributed by atoms with E-state index in [1.54, 1.807) is 0 Å². The Morgan fingerprint density at radius 1 is 1.59 bits per heavy atom. The van der Waals surface area contributed by atoms with Crippen molar-refractivity contribution in [1.82, 2.24) is 0 Å². The summed E-state index contributed by atoms with van der Waals surface area (Å²) < 4.78 is 5.64. The Labute approximate surface area is 99.9 Å². The largest absolute Gasteiger partial charge is 0.481 e. The monoisotopic (exact) mass is 233 g/mol. The second-order valence-corrected chi connectivity index (χ2v) is 4.15. The fourth-order valence-electron chi connectivity index (χ4n) is 1.82. The van der Waals surface area contributed by atoms with E-state index in [0.29, 0.717) is 18.9 Å². The van der Waals surface area contributed by atoms with Gasteiger partial charge in [-0.25, -0.2) is 0 Å². The maximum atomic E-state index is 10.4. The molecule has 4 nitrogen and oxygen atoms in total. The lowest BCUT2D eigenvalue weighted by atomic mass is 10.1. The van der Waals surface area contributed by atoms with E-state index in [1.807, 2.05) is 25.1 Å². The van der Waals surface area contributed by atoms with Gasteiger partial charge in [-0.05, 0) is 12.5 Å². The third-order valence-corrected chi connectivity index (χ3v) is 2.68. The first-order valence-electron chi connectivity index (χ1n) is 5.63. The van der Waals surface area contributed by atoms with E-state index in [9.17, 15) is 4.79 Å². The molecule has 2 rings (SSSR count). The number of carboxylic acid groups (broad SMARTS) is 1. The van der Waals surface area contributed by atoms with Crippen LogP contribution in [0.1, 0.15) is 30.1 Å². The van der Waals surface area contributed by atoms with Crippen LogP contribution in [0.15, 0.2) is 29.3 Å². The van der Waals surface area contributed by atoms with Gasteiger partial charge in [-0.1, -0.05) is 29.8 Å². The van der Waals surface area contributed by atoms with Crippen molar-refractivity contribution in [2.45, 2.75) is 25.9 Å². The predicted molar refractivity (Wildman–Crippen MR) is 64.2 cm³/mol. The molecule has 0 fully saturated rings. The average Bonchev–Trinajstić information content (AvgIpc) is 2.75. The molecule has 1 N–H and O–H groups in total. The van der Waals surface area contributed by atoms with Crippen LogP contribution in [0.3, 0.4) is 0 Å². The van der Waals surface area contributed by atoms with Gasteiger partial charge in [0.1, 0.15) is 6.10 Å². The van der Waals surface area contributed by atoms with Crippen LogP contribution in [0, 0.1) is 6.92 Å². The highest BCUT2D eigenvalue weighted by molar-refractivity contribution is 5.81. The predicted octanol–water partition coefficient (Wildman–Crippen LogP) is 2.33. The molecule has 0 radical (unpaired) electrons. The highest BCUT2D eigenvalue weighted by atomic mass is 16.5. The van der Waals surface area contributed by atoms with Crippen molar-refractivity contribution in [1.29, 1.82) is 0 Å². The first-order chi connectivity index (χ1) is 8.15. The third kappa shape index (κ3) is 3.06. The van der Waals surface area contributed by atoms with Crippen molar-refractivity contribution in [3.8, 4) is 0 Å². The summed E-state index contributed by atoms with van der Waals surface area (Å²) in [5, 5.41) is 8.58. The molecule has 17 heavy (non-hydrogen) atoms. The van der Waals surface area contributed by atoms with E-state index in [1.165, 1.54) is 5.56 Å². The zero-order chi connectivity index (χ0) is 12.3. The topological polar surface area (TPSA) is 58.9 Å². The van der Waals surface area contributed by atoms with Gasteiger partial charge in [-0.2, -0.15) is 0 Å². The van der Waals surface area contributed by atoms with Crippen molar-refractivity contribution in [3.63, 3.8) is 0 Å². The van der Waals surface area contributed by atoms with Crippen LogP contribution in [0.2, 0.25) is 0 Å². The van der Waals surface area contributed by atoms with Gasteiger partial charge in [-0.3, -0.25) is 9.79 Å². The third-order valence-electron chi connectivity index (χ3n) is 2.68. The lowest BCUT2D eigenvalue weighted by molar-refractivity contribution is -0.136.